The fraction of sp³-hybridized carbons (Fsp3) is 0.136. The van der Waals surface area contributed by atoms with Gasteiger partial charge in [-0.1, -0.05) is 36.9 Å². The van der Waals surface area contributed by atoms with Gasteiger partial charge in [0.15, 0.2) is 0 Å². The Labute approximate surface area is 159 Å². The molecule has 5 nitrogen and oxygen atoms in total. The third-order valence-electron chi connectivity index (χ3n) is 4.13. The van der Waals surface area contributed by atoms with E-state index in [2.05, 4.69) is 28.8 Å². The first-order valence-corrected chi connectivity index (χ1v) is 8.84. The maximum atomic E-state index is 11.0. The van der Waals surface area contributed by atoms with Crippen LogP contribution in [-0.2, 0) is 6.54 Å². The summed E-state index contributed by atoms with van der Waals surface area (Å²) in [7, 11) is 0. The zero-order chi connectivity index (χ0) is 19.1. The summed E-state index contributed by atoms with van der Waals surface area (Å²) in [5.41, 5.74) is 4.42. The van der Waals surface area contributed by atoms with E-state index in [1.807, 2.05) is 59.5 Å². The molecule has 3 rings (SSSR count). The Morgan fingerprint density at radius 2 is 2.11 bits per heavy atom. The zero-order valence-corrected chi connectivity index (χ0v) is 15.3. The highest BCUT2D eigenvalue weighted by molar-refractivity contribution is 5.78. The minimum absolute atomic E-state index is 0.574. The largest absolute Gasteiger partial charge is 0.384 e. The molecule has 0 radical (unpaired) electrons. The number of nitrogens with zero attached hydrogens (tertiary/aromatic N) is 3. The van der Waals surface area contributed by atoms with Gasteiger partial charge in [-0.15, -0.1) is 0 Å². The molecule has 27 heavy (non-hydrogen) atoms. The van der Waals surface area contributed by atoms with Crippen LogP contribution in [0.15, 0.2) is 66.4 Å². The molecule has 0 atom stereocenters. The van der Waals surface area contributed by atoms with Crippen LogP contribution in [0, 0.1) is 0 Å². The van der Waals surface area contributed by atoms with Crippen molar-refractivity contribution in [2.24, 2.45) is 4.99 Å². The van der Waals surface area contributed by atoms with Crippen LogP contribution in [0.1, 0.15) is 22.8 Å². The van der Waals surface area contributed by atoms with E-state index in [-0.39, 0.29) is 0 Å². The molecule has 0 bridgehead atoms. The molecule has 0 aliphatic heterocycles. The van der Waals surface area contributed by atoms with Crippen LogP contribution in [0.2, 0.25) is 0 Å². The van der Waals surface area contributed by atoms with E-state index in [0.717, 1.165) is 41.2 Å². The number of aldehydes is 1. The quantitative estimate of drug-likeness (QED) is 0.463. The molecular weight excluding hydrogens is 336 g/mol. The van der Waals surface area contributed by atoms with Gasteiger partial charge in [0, 0.05) is 36.3 Å². The molecule has 0 unspecified atom stereocenters. The summed E-state index contributed by atoms with van der Waals surface area (Å²) in [5.74, 6) is 0.803. The molecule has 0 saturated carbocycles. The lowest BCUT2D eigenvalue weighted by atomic mass is 10.1. The predicted molar refractivity (Wildman–Crippen MR) is 112 cm³/mol. The van der Waals surface area contributed by atoms with E-state index in [0.29, 0.717) is 12.1 Å². The van der Waals surface area contributed by atoms with Crippen molar-refractivity contribution in [2.45, 2.75) is 13.5 Å². The number of carbonyl (C=O) groups excluding carboxylic acids is 1. The maximum Gasteiger partial charge on any atom is 0.150 e. The summed E-state index contributed by atoms with van der Waals surface area (Å²) in [5, 5.41) is 3.32. The molecule has 136 valence electrons. The van der Waals surface area contributed by atoms with E-state index in [4.69, 9.17) is 0 Å². The lowest BCUT2D eigenvalue weighted by Crippen LogP contribution is -2.01. The second-order valence-electron chi connectivity index (χ2n) is 5.97. The molecule has 2 aromatic carbocycles. The second-order valence-corrected chi connectivity index (χ2v) is 5.97. The van der Waals surface area contributed by atoms with Gasteiger partial charge in [-0.3, -0.25) is 9.79 Å². The van der Waals surface area contributed by atoms with Crippen LogP contribution < -0.4 is 5.32 Å². The Kier molecular flexibility index (Phi) is 5.94. The number of hydrogen-bond donors (Lipinski definition) is 1. The van der Waals surface area contributed by atoms with E-state index in [1.54, 1.807) is 12.3 Å². The highest BCUT2D eigenvalue weighted by Crippen LogP contribution is 2.26. The van der Waals surface area contributed by atoms with Crippen LogP contribution in [0.4, 0.5) is 11.4 Å². The summed E-state index contributed by atoms with van der Waals surface area (Å²) < 4.78 is 2.00. The van der Waals surface area contributed by atoms with Gasteiger partial charge in [-0.2, -0.15) is 0 Å². The van der Waals surface area contributed by atoms with E-state index in [9.17, 15) is 4.79 Å². The van der Waals surface area contributed by atoms with Crippen molar-refractivity contribution in [2.75, 3.05) is 11.9 Å². The molecule has 1 N–H and O–H groups in total. The topological polar surface area (TPSA) is 59.3 Å². The van der Waals surface area contributed by atoms with Gasteiger partial charge >= 0.3 is 0 Å². The summed E-state index contributed by atoms with van der Waals surface area (Å²) >= 11 is 0. The molecule has 0 fully saturated rings. The molecule has 3 aromatic rings. The van der Waals surface area contributed by atoms with Crippen LogP contribution in [0.5, 0.6) is 0 Å². The molecule has 5 heteroatoms. The lowest BCUT2D eigenvalue weighted by molar-refractivity contribution is 0.112. The summed E-state index contributed by atoms with van der Waals surface area (Å²) in [6.45, 7) is 7.28. The minimum Gasteiger partial charge on any atom is -0.384 e. The summed E-state index contributed by atoms with van der Waals surface area (Å²) in [4.78, 5) is 20.1. The number of aromatic nitrogens is 2. The average Bonchev–Trinajstić information content (AvgIpc) is 3.18. The fourth-order valence-electron chi connectivity index (χ4n) is 2.82. The number of nitrogens with one attached hydrogen (secondary N) is 1. The Bertz CT molecular complexity index is 972. The van der Waals surface area contributed by atoms with Gasteiger partial charge < -0.3 is 9.88 Å². The zero-order valence-electron chi connectivity index (χ0n) is 15.3. The molecule has 1 aromatic heterocycles. The maximum absolute atomic E-state index is 11.0. The van der Waals surface area contributed by atoms with Crippen LogP contribution in [0.3, 0.4) is 0 Å². The van der Waals surface area contributed by atoms with E-state index in [1.165, 1.54) is 0 Å². The van der Waals surface area contributed by atoms with E-state index < -0.39 is 0 Å². The molecule has 0 spiro atoms. The van der Waals surface area contributed by atoms with Crippen molar-refractivity contribution in [3.63, 3.8) is 0 Å². The van der Waals surface area contributed by atoms with Crippen molar-refractivity contribution in [3.05, 3.63) is 72.6 Å². The van der Waals surface area contributed by atoms with Crippen LogP contribution >= 0.6 is 0 Å². The molecule has 0 amide bonds. The monoisotopic (exact) mass is 358 g/mol. The number of aliphatic imine (C=N–C) groups is 1. The standard InChI is InChI=1S/C22H22N4O/c1-3-17-8-9-20(23-4-2)21(15-17)24-10-12-26-13-11-25-22(26)19-7-5-6-18(14-19)16-27/h3,5-11,13-16,23H,1,4,12H2,2H3. The molecular formula is C22H22N4O. The highest BCUT2D eigenvalue weighted by atomic mass is 16.1. The van der Waals surface area contributed by atoms with Crippen molar-refractivity contribution in [3.8, 4) is 11.4 Å². The second kappa shape index (κ2) is 8.76. The van der Waals surface area contributed by atoms with Gasteiger partial charge in [0.25, 0.3) is 0 Å². The van der Waals surface area contributed by atoms with Crippen LogP contribution in [0.25, 0.3) is 17.5 Å². The number of anilines is 1. The van der Waals surface area contributed by atoms with Gasteiger partial charge in [0.2, 0.25) is 0 Å². The molecule has 0 aliphatic carbocycles. The number of carbonyl (C=O) groups is 1. The average molecular weight is 358 g/mol. The number of hydrogen-bond acceptors (Lipinski definition) is 4. The van der Waals surface area contributed by atoms with Crippen molar-refractivity contribution >= 4 is 30.0 Å². The highest BCUT2D eigenvalue weighted by Gasteiger charge is 2.06. The Morgan fingerprint density at radius 3 is 2.89 bits per heavy atom. The third-order valence-corrected chi connectivity index (χ3v) is 4.13. The first-order valence-electron chi connectivity index (χ1n) is 8.84. The van der Waals surface area contributed by atoms with Crippen molar-refractivity contribution in [1.82, 2.24) is 9.55 Å². The van der Waals surface area contributed by atoms with E-state index >= 15 is 0 Å². The van der Waals surface area contributed by atoms with Gasteiger partial charge in [0.1, 0.15) is 12.1 Å². The minimum atomic E-state index is 0.574. The Balaban J connectivity index is 1.83. The SMILES string of the molecule is C=Cc1ccc(NCC)c(N=CCn2ccnc2-c2cccc(C=O)c2)c1. The molecule has 0 aliphatic rings. The lowest BCUT2D eigenvalue weighted by Gasteiger charge is -2.09. The first-order chi connectivity index (χ1) is 13.2. The Morgan fingerprint density at radius 1 is 1.22 bits per heavy atom. The van der Waals surface area contributed by atoms with Crippen molar-refractivity contribution in [1.29, 1.82) is 0 Å². The summed E-state index contributed by atoms with van der Waals surface area (Å²) in [6, 6.07) is 13.4. The number of imidazole rings is 1. The Hall–Kier alpha value is -3.47. The third kappa shape index (κ3) is 4.39. The molecule has 1 heterocycles. The smallest absolute Gasteiger partial charge is 0.150 e. The van der Waals surface area contributed by atoms with Crippen molar-refractivity contribution < 1.29 is 4.79 Å². The number of benzene rings is 2. The normalized spacial score (nSPS) is 10.9. The van der Waals surface area contributed by atoms with Gasteiger partial charge in [-0.25, -0.2) is 4.98 Å². The van der Waals surface area contributed by atoms with Gasteiger partial charge in [0.05, 0.1) is 17.9 Å². The predicted octanol–water partition coefficient (Wildman–Crippen LogP) is 4.84. The first kappa shape index (κ1) is 18.3. The fourth-order valence-corrected chi connectivity index (χ4v) is 2.82. The van der Waals surface area contributed by atoms with Gasteiger partial charge in [-0.05, 0) is 30.7 Å². The molecule has 0 saturated heterocycles. The summed E-state index contributed by atoms with van der Waals surface area (Å²) in [6.07, 6.45) is 8.16. The van der Waals surface area contributed by atoms with Crippen LogP contribution in [-0.4, -0.2) is 28.6 Å². The number of rotatable bonds is 8.